The van der Waals surface area contributed by atoms with E-state index in [2.05, 4.69) is 4.98 Å². The summed E-state index contributed by atoms with van der Waals surface area (Å²) in [5.74, 6) is 0. The molecule has 0 bridgehead atoms. The minimum Gasteiger partial charge on any atom is -0.395 e. The third kappa shape index (κ3) is 2.55. The number of nitrogens with zero attached hydrogens (tertiary/aromatic N) is 3. The van der Waals surface area contributed by atoms with Crippen LogP contribution in [0.1, 0.15) is 13.8 Å². The Morgan fingerprint density at radius 3 is 2.70 bits per heavy atom. The molecule has 1 heterocycles. The average Bonchev–Trinajstić information content (AvgIpc) is 2.43. The fraction of sp³-hybridized carbons (Fsp3) is 0.357. The number of nitro groups is 1. The van der Waals surface area contributed by atoms with Crippen LogP contribution in [0.3, 0.4) is 0 Å². The van der Waals surface area contributed by atoms with Crippen LogP contribution in [0, 0.1) is 10.1 Å². The predicted molar refractivity (Wildman–Crippen MR) is 78.0 cm³/mol. The number of rotatable bonds is 5. The minimum absolute atomic E-state index is 0.0247. The molecule has 1 N–H and O–H groups in total. The fourth-order valence-corrected chi connectivity index (χ4v) is 2.33. The van der Waals surface area contributed by atoms with E-state index in [0.29, 0.717) is 11.9 Å². The van der Waals surface area contributed by atoms with Crippen LogP contribution in [0.25, 0.3) is 10.8 Å². The molecule has 0 amide bonds. The van der Waals surface area contributed by atoms with E-state index >= 15 is 0 Å². The number of aliphatic hydroxyl groups is 1. The smallest absolute Gasteiger partial charge is 0.277 e. The van der Waals surface area contributed by atoms with Crippen LogP contribution in [0.2, 0.25) is 0 Å². The lowest BCUT2D eigenvalue weighted by Crippen LogP contribution is -2.33. The van der Waals surface area contributed by atoms with Gasteiger partial charge in [-0.1, -0.05) is 0 Å². The summed E-state index contributed by atoms with van der Waals surface area (Å²) < 4.78 is 0. The number of fused-ring (bicyclic) bond motifs is 1. The molecule has 0 spiro atoms. The van der Waals surface area contributed by atoms with Gasteiger partial charge in [-0.05, 0) is 26.0 Å². The second-order valence-electron chi connectivity index (χ2n) is 4.79. The summed E-state index contributed by atoms with van der Waals surface area (Å²) in [5, 5.41) is 21.6. The van der Waals surface area contributed by atoms with Gasteiger partial charge < -0.3 is 10.0 Å². The van der Waals surface area contributed by atoms with Crippen LogP contribution in [0.4, 0.5) is 11.4 Å². The lowest BCUT2D eigenvalue weighted by Gasteiger charge is -2.29. The number of aromatic nitrogens is 1. The lowest BCUT2D eigenvalue weighted by molar-refractivity contribution is -0.383. The first-order valence-corrected chi connectivity index (χ1v) is 6.45. The van der Waals surface area contributed by atoms with Gasteiger partial charge in [0.15, 0.2) is 0 Å². The van der Waals surface area contributed by atoms with Gasteiger partial charge in [0.05, 0.1) is 16.9 Å². The topological polar surface area (TPSA) is 79.5 Å². The van der Waals surface area contributed by atoms with Crippen LogP contribution in [-0.4, -0.2) is 34.2 Å². The molecule has 0 saturated carbocycles. The molecule has 0 fully saturated rings. The third-order valence-corrected chi connectivity index (χ3v) is 3.24. The Morgan fingerprint density at radius 2 is 2.10 bits per heavy atom. The van der Waals surface area contributed by atoms with Crippen molar-refractivity contribution in [3.8, 4) is 0 Å². The zero-order chi connectivity index (χ0) is 14.7. The molecule has 0 aliphatic heterocycles. The van der Waals surface area contributed by atoms with E-state index < -0.39 is 4.92 Å². The van der Waals surface area contributed by atoms with Crippen LogP contribution < -0.4 is 4.90 Å². The van der Waals surface area contributed by atoms with E-state index in [1.807, 2.05) is 18.7 Å². The normalized spacial score (nSPS) is 11.0. The molecular formula is C14H17N3O3. The van der Waals surface area contributed by atoms with Crippen molar-refractivity contribution >= 4 is 22.1 Å². The number of non-ortho nitro benzene ring substituents is 1. The fourth-order valence-electron chi connectivity index (χ4n) is 2.33. The highest BCUT2D eigenvalue weighted by atomic mass is 16.6. The summed E-state index contributed by atoms with van der Waals surface area (Å²) >= 11 is 0. The molecule has 6 nitrogen and oxygen atoms in total. The Hall–Kier alpha value is -2.21. The van der Waals surface area contributed by atoms with Gasteiger partial charge >= 0.3 is 0 Å². The summed E-state index contributed by atoms with van der Waals surface area (Å²) in [6.07, 6.45) is 3.18. The minimum atomic E-state index is -0.391. The van der Waals surface area contributed by atoms with Crippen molar-refractivity contribution in [2.24, 2.45) is 0 Å². The molecule has 0 saturated heterocycles. The molecule has 0 aliphatic rings. The summed E-state index contributed by atoms with van der Waals surface area (Å²) in [6, 6.07) is 5.04. The van der Waals surface area contributed by atoms with Crippen molar-refractivity contribution in [3.63, 3.8) is 0 Å². The Balaban J connectivity index is 2.66. The number of benzene rings is 1. The molecule has 0 radical (unpaired) electrons. The maximum Gasteiger partial charge on any atom is 0.277 e. The Bertz CT molecular complexity index is 628. The largest absolute Gasteiger partial charge is 0.395 e. The highest BCUT2D eigenvalue weighted by molar-refractivity contribution is 5.99. The molecule has 1 aromatic carbocycles. The highest BCUT2D eigenvalue weighted by Gasteiger charge is 2.18. The van der Waals surface area contributed by atoms with Gasteiger partial charge in [-0.25, -0.2) is 0 Å². The lowest BCUT2D eigenvalue weighted by atomic mass is 10.1. The molecule has 6 heteroatoms. The van der Waals surface area contributed by atoms with Crippen LogP contribution in [-0.2, 0) is 0 Å². The summed E-state index contributed by atoms with van der Waals surface area (Å²) in [6.45, 7) is 4.52. The van der Waals surface area contributed by atoms with Crippen molar-refractivity contribution in [1.82, 2.24) is 4.98 Å². The SMILES string of the molecule is CC(C)N(CCO)c1ccc([N+](=O)[O-])c2ccncc12. The molecule has 1 aromatic heterocycles. The number of nitro benzene ring substituents is 1. The molecule has 106 valence electrons. The Morgan fingerprint density at radius 1 is 1.35 bits per heavy atom. The van der Waals surface area contributed by atoms with Crippen molar-refractivity contribution in [2.45, 2.75) is 19.9 Å². The number of pyridine rings is 1. The zero-order valence-corrected chi connectivity index (χ0v) is 11.5. The van der Waals surface area contributed by atoms with Gasteiger partial charge in [0.1, 0.15) is 0 Å². The first kappa shape index (κ1) is 14.2. The predicted octanol–water partition coefficient (Wildman–Crippen LogP) is 2.35. The molecule has 20 heavy (non-hydrogen) atoms. The van der Waals surface area contributed by atoms with Crippen molar-refractivity contribution in [3.05, 3.63) is 40.7 Å². The average molecular weight is 275 g/mol. The zero-order valence-electron chi connectivity index (χ0n) is 11.5. The standard InChI is InChI=1S/C14H17N3O3/c1-10(2)16(7-8-18)13-3-4-14(17(19)20)11-5-6-15-9-12(11)13/h3-6,9-10,18H,7-8H2,1-2H3. The highest BCUT2D eigenvalue weighted by Crippen LogP contribution is 2.33. The van der Waals surface area contributed by atoms with Gasteiger partial charge in [0, 0.05) is 42.1 Å². The molecule has 2 aromatic rings. The van der Waals surface area contributed by atoms with Crippen molar-refractivity contribution in [1.29, 1.82) is 0 Å². The van der Waals surface area contributed by atoms with E-state index in [1.165, 1.54) is 6.07 Å². The van der Waals surface area contributed by atoms with Gasteiger partial charge in [-0.15, -0.1) is 0 Å². The number of aliphatic hydroxyl groups excluding tert-OH is 1. The summed E-state index contributed by atoms with van der Waals surface area (Å²) in [4.78, 5) is 16.8. The third-order valence-electron chi connectivity index (χ3n) is 3.24. The molecular weight excluding hydrogens is 258 g/mol. The van der Waals surface area contributed by atoms with Gasteiger partial charge in [-0.3, -0.25) is 15.1 Å². The van der Waals surface area contributed by atoms with E-state index in [4.69, 9.17) is 0 Å². The maximum atomic E-state index is 11.1. The van der Waals surface area contributed by atoms with E-state index in [0.717, 1.165) is 11.1 Å². The number of hydrogen-bond acceptors (Lipinski definition) is 5. The van der Waals surface area contributed by atoms with E-state index in [-0.39, 0.29) is 18.3 Å². The maximum absolute atomic E-state index is 11.1. The molecule has 0 aliphatic carbocycles. The van der Waals surface area contributed by atoms with Crippen LogP contribution >= 0.6 is 0 Å². The van der Waals surface area contributed by atoms with Crippen molar-refractivity contribution in [2.75, 3.05) is 18.1 Å². The first-order chi connectivity index (χ1) is 9.56. The summed E-state index contributed by atoms with van der Waals surface area (Å²) in [7, 11) is 0. The Labute approximate surface area is 116 Å². The molecule has 0 unspecified atom stereocenters. The quantitative estimate of drug-likeness (QED) is 0.669. The monoisotopic (exact) mass is 275 g/mol. The van der Waals surface area contributed by atoms with E-state index in [1.54, 1.807) is 24.5 Å². The van der Waals surface area contributed by atoms with Crippen LogP contribution in [0.15, 0.2) is 30.6 Å². The Kier molecular flexibility index (Phi) is 4.14. The second-order valence-corrected chi connectivity index (χ2v) is 4.79. The van der Waals surface area contributed by atoms with E-state index in [9.17, 15) is 15.2 Å². The van der Waals surface area contributed by atoms with Gasteiger partial charge in [0.2, 0.25) is 0 Å². The van der Waals surface area contributed by atoms with Gasteiger partial charge in [-0.2, -0.15) is 0 Å². The van der Waals surface area contributed by atoms with Crippen LogP contribution in [0.5, 0.6) is 0 Å². The summed E-state index contributed by atoms with van der Waals surface area (Å²) in [5.41, 5.74) is 0.918. The molecule has 2 rings (SSSR count). The first-order valence-electron chi connectivity index (χ1n) is 6.45. The van der Waals surface area contributed by atoms with Gasteiger partial charge in [0.25, 0.3) is 5.69 Å². The second kappa shape index (κ2) is 5.83. The number of anilines is 1. The van der Waals surface area contributed by atoms with Crippen molar-refractivity contribution < 1.29 is 10.0 Å². The molecule has 0 atom stereocenters. The number of hydrogen-bond donors (Lipinski definition) is 1.